The highest BCUT2D eigenvalue weighted by molar-refractivity contribution is 9.10. The second-order valence-electron chi connectivity index (χ2n) is 6.14. The predicted molar refractivity (Wildman–Crippen MR) is 108 cm³/mol. The highest BCUT2D eigenvalue weighted by Gasteiger charge is 2.05. The Morgan fingerprint density at radius 2 is 1.68 bits per heavy atom. The fraction of sp³-hybridized carbons (Fsp3) is 0.182. The van der Waals surface area contributed by atoms with Gasteiger partial charge in [-0.1, -0.05) is 48.5 Å². The van der Waals surface area contributed by atoms with Crippen molar-refractivity contribution in [2.45, 2.75) is 27.0 Å². The van der Waals surface area contributed by atoms with Crippen molar-refractivity contribution in [1.82, 2.24) is 0 Å². The Balaban J connectivity index is 1.62. The Kier molecular flexibility index (Phi) is 5.77. The lowest BCUT2D eigenvalue weighted by atomic mass is 10.1. The number of anilines is 1. The van der Waals surface area contributed by atoms with Gasteiger partial charge >= 0.3 is 0 Å². The van der Waals surface area contributed by atoms with Crippen LogP contribution in [0.25, 0.3) is 0 Å². The first kappa shape index (κ1) is 17.6. The van der Waals surface area contributed by atoms with E-state index in [1.165, 1.54) is 22.4 Å². The van der Waals surface area contributed by atoms with Gasteiger partial charge in [0.2, 0.25) is 0 Å². The highest BCUT2D eigenvalue weighted by atomic mass is 79.9. The molecule has 0 aliphatic rings. The zero-order chi connectivity index (χ0) is 17.6. The van der Waals surface area contributed by atoms with Gasteiger partial charge in [-0.2, -0.15) is 0 Å². The lowest BCUT2D eigenvalue weighted by Gasteiger charge is -2.13. The number of hydrogen-bond acceptors (Lipinski definition) is 2. The topological polar surface area (TPSA) is 21.3 Å². The summed E-state index contributed by atoms with van der Waals surface area (Å²) in [6, 6.07) is 22.8. The standard InChI is InChI=1S/C22H22BrNO/c1-16-7-6-10-21(17(16)2)24-14-19-11-12-22(20(23)13-19)25-15-18-8-4-3-5-9-18/h3-13,24H,14-15H2,1-2H3. The minimum Gasteiger partial charge on any atom is -0.488 e. The van der Waals surface area contributed by atoms with Gasteiger partial charge in [0, 0.05) is 12.2 Å². The molecule has 0 saturated heterocycles. The van der Waals surface area contributed by atoms with Gasteiger partial charge in [-0.15, -0.1) is 0 Å². The largest absolute Gasteiger partial charge is 0.488 e. The van der Waals surface area contributed by atoms with E-state index in [-0.39, 0.29) is 0 Å². The molecule has 0 heterocycles. The summed E-state index contributed by atoms with van der Waals surface area (Å²) in [6.07, 6.45) is 0. The Hall–Kier alpha value is -2.26. The molecule has 3 aromatic rings. The van der Waals surface area contributed by atoms with E-state index < -0.39 is 0 Å². The van der Waals surface area contributed by atoms with E-state index in [1.54, 1.807) is 0 Å². The van der Waals surface area contributed by atoms with Gasteiger partial charge in [-0.25, -0.2) is 0 Å². The molecule has 0 unspecified atom stereocenters. The van der Waals surface area contributed by atoms with Crippen LogP contribution in [0.5, 0.6) is 5.75 Å². The number of aryl methyl sites for hydroxylation is 1. The van der Waals surface area contributed by atoms with Crippen LogP contribution in [0.4, 0.5) is 5.69 Å². The highest BCUT2D eigenvalue weighted by Crippen LogP contribution is 2.27. The van der Waals surface area contributed by atoms with Crippen LogP contribution in [0.1, 0.15) is 22.3 Å². The van der Waals surface area contributed by atoms with Crippen molar-refractivity contribution in [2.75, 3.05) is 5.32 Å². The summed E-state index contributed by atoms with van der Waals surface area (Å²) in [4.78, 5) is 0. The first-order valence-electron chi connectivity index (χ1n) is 8.39. The maximum atomic E-state index is 5.91. The third kappa shape index (κ3) is 4.64. The Labute approximate surface area is 158 Å². The minimum atomic E-state index is 0.569. The van der Waals surface area contributed by atoms with Gasteiger partial charge in [0.25, 0.3) is 0 Å². The fourth-order valence-corrected chi connectivity index (χ4v) is 3.19. The maximum Gasteiger partial charge on any atom is 0.134 e. The second kappa shape index (κ2) is 8.21. The molecule has 2 nitrogen and oxygen atoms in total. The van der Waals surface area contributed by atoms with Gasteiger partial charge < -0.3 is 10.1 Å². The number of benzene rings is 3. The number of hydrogen-bond donors (Lipinski definition) is 1. The van der Waals surface area contributed by atoms with Gasteiger partial charge in [-0.05, 0) is 70.2 Å². The monoisotopic (exact) mass is 395 g/mol. The molecule has 128 valence electrons. The van der Waals surface area contributed by atoms with Crippen LogP contribution in [0.3, 0.4) is 0 Å². The molecule has 0 fully saturated rings. The van der Waals surface area contributed by atoms with Crippen molar-refractivity contribution in [3.63, 3.8) is 0 Å². The van der Waals surface area contributed by atoms with E-state index in [2.05, 4.69) is 77.6 Å². The molecule has 0 radical (unpaired) electrons. The van der Waals surface area contributed by atoms with Crippen molar-refractivity contribution in [2.24, 2.45) is 0 Å². The van der Waals surface area contributed by atoms with E-state index in [9.17, 15) is 0 Å². The van der Waals surface area contributed by atoms with Crippen LogP contribution < -0.4 is 10.1 Å². The summed E-state index contributed by atoms with van der Waals surface area (Å²) in [5.41, 5.74) is 6.15. The van der Waals surface area contributed by atoms with Crippen LogP contribution in [0.2, 0.25) is 0 Å². The average Bonchev–Trinajstić information content (AvgIpc) is 2.63. The first-order valence-corrected chi connectivity index (χ1v) is 9.18. The molecular weight excluding hydrogens is 374 g/mol. The molecular formula is C22H22BrNO. The van der Waals surface area contributed by atoms with Crippen LogP contribution in [-0.2, 0) is 13.2 Å². The average molecular weight is 396 g/mol. The quantitative estimate of drug-likeness (QED) is 0.531. The normalized spacial score (nSPS) is 10.5. The van der Waals surface area contributed by atoms with E-state index in [0.717, 1.165) is 22.3 Å². The third-order valence-corrected chi connectivity index (χ3v) is 4.94. The Morgan fingerprint density at radius 3 is 2.44 bits per heavy atom. The molecule has 3 aromatic carbocycles. The van der Waals surface area contributed by atoms with Crippen LogP contribution in [-0.4, -0.2) is 0 Å². The third-order valence-electron chi connectivity index (χ3n) is 4.32. The van der Waals surface area contributed by atoms with Crippen LogP contribution >= 0.6 is 15.9 Å². The molecule has 0 atom stereocenters. The summed E-state index contributed by atoms with van der Waals surface area (Å²) in [5.74, 6) is 0.860. The van der Waals surface area contributed by atoms with Crippen LogP contribution in [0, 0.1) is 13.8 Å². The minimum absolute atomic E-state index is 0.569. The molecule has 25 heavy (non-hydrogen) atoms. The van der Waals surface area contributed by atoms with E-state index >= 15 is 0 Å². The molecule has 0 aliphatic heterocycles. The van der Waals surface area contributed by atoms with E-state index in [4.69, 9.17) is 4.74 Å². The van der Waals surface area contributed by atoms with Gasteiger partial charge in [0.1, 0.15) is 12.4 Å². The number of rotatable bonds is 6. The fourth-order valence-electron chi connectivity index (χ4n) is 2.65. The molecule has 3 heteroatoms. The van der Waals surface area contributed by atoms with Gasteiger partial charge in [0.15, 0.2) is 0 Å². The Morgan fingerprint density at radius 1 is 0.880 bits per heavy atom. The molecule has 0 amide bonds. The first-order chi connectivity index (χ1) is 12.1. The summed E-state index contributed by atoms with van der Waals surface area (Å²) in [5, 5.41) is 3.51. The van der Waals surface area contributed by atoms with Gasteiger partial charge in [-0.3, -0.25) is 0 Å². The zero-order valence-electron chi connectivity index (χ0n) is 14.6. The second-order valence-corrected chi connectivity index (χ2v) is 6.99. The van der Waals surface area contributed by atoms with Crippen LogP contribution in [0.15, 0.2) is 71.2 Å². The SMILES string of the molecule is Cc1cccc(NCc2ccc(OCc3ccccc3)c(Br)c2)c1C. The lowest BCUT2D eigenvalue weighted by Crippen LogP contribution is -2.02. The molecule has 0 spiro atoms. The summed E-state index contributed by atoms with van der Waals surface area (Å²) < 4.78 is 6.88. The Bertz CT molecular complexity index is 846. The van der Waals surface area contributed by atoms with Crippen molar-refractivity contribution >= 4 is 21.6 Å². The van der Waals surface area contributed by atoms with E-state index in [1.807, 2.05) is 24.3 Å². The van der Waals surface area contributed by atoms with Crippen molar-refractivity contribution < 1.29 is 4.74 Å². The molecule has 0 saturated carbocycles. The molecule has 3 rings (SSSR count). The summed E-state index contributed by atoms with van der Waals surface area (Å²) in [6.45, 7) is 5.63. The summed E-state index contributed by atoms with van der Waals surface area (Å²) >= 11 is 3.62. The molecule has 1 N–H and O–H groups in total. The number of halogens is 1. The predicted octanol–water partition coefficient (Wildman–Crippen LogP) is 6.26. The maximum absolute atomic E-state index is 5.91. The zero-order valence-corrected chi connectivity index (χ0v) is 16.1. The van der Waals surface area contributed by atoms with Crippen molar-refractivity contribution in [3.8, 4) is 5.75 Å². The van der Waals surface area contributed by atoms with Crippen molar-refractivity contribution in [3.05, 3.63) is 93.5 Å². The molecule has 0 aromatic heterocycles. The van der Waals surface area contributed by atoms with Gasteiger partial charge in [0.05, 0.1) is 4.47 Å². The van der Waals surface area contributed by atoms with E-state index in [0.29, 0.717) is 6.61 Å². The summed E-state index contributed by atoms with van der Waals surface area (Å²) in [7, 11) is 0. The molecule has 0 aliphatic carbocycles. The van der Waals surface area contributed by atoms with Crippen molar-refractivity contribution in [1.29, 1.82) is 0 Å². The molecule has 0 bridgehead atoms. The number of ether oxygens (including phenoxy) is 1. The number of nitrogens with one attached hydrogen (secondary N) is 1. The lowest BCUT2D eigenvalue weighted by molar-refractivity contribution is 0.304. The smallest absolute Gasteiger partial charge is 0.134 e.